The van der Waals surface area contributed by atoms with Gasteiger partial charge in [-0.3, -0.25) is 4.79 Å². The van der Waals surface area contributed by atoms with E-state index in [0.717, 1.165) is 38.3 Å². The van der Waals surface area contributed by atoms with Gasteiger partial charge in [-0.1, -0.05) is 18.2 Å². The molecule has 0 radical (unpaired) electrons. The maximum absolute atomic E-state index is 13.2. The van der Waals surface area contributed by atoms with Gasteiger partial charge >= 0.3 is 0 Å². The monoisotopic (exact) mass is 387 g/mol. The van der Waals surface area contributed by atoms with Crippen LogP contribution in [-0.4, -0.2) is 47.6 Å². The Morgan fingerprint density at radius 3 is 2.52 bits per heavy atom. The third-order valence-electron chi connectivity index (χ3n) is 4.82. The number of nitrogens with zero attached hydrogens (tertiary/aromatic N) is 2. The number of anilines is 2. The van der Waals surface area contributed by atoms with Crippen LogP contribution in [0.5, 0.6) is 0 Å². The molecule has 0 unspecified atom stereocenters. The summed E-state index contributed by atoms with van der Waals surface area (Å²) in [5, 5.41) is 3.36. The van der Waals surface area contributed by atoms with E-state index in [1.807, 2.05) is 12.1 Å². The zero-order valence-corrected chi connectivity index (χ0v) is 16.5. The Morgan fingerprint density at radius 1 is 1.07 bits per heavy atom. The van der Waals surface area contributed by atoms with Crippen molar-refractivity contribution in [2.45, 2.75) is 23.1 Å². The second kappa shape index (κ2) is 8.10. The highest BCUT2D eigenvalue weighted by Gasteiger charge is 2.25. The van der Waals surface area contributed by atoms with Crippen molar-refractivity contribution in [3.05, 3.63) is 48.5 Å². The maximum Gasteiger partial charge on any atom is 0.223 e. The first kappa shape index (κ1) is 19.4. The van der Waals surface area contributed by atoms with Crippen LogP contribution >= 0.6 is 0 Å². The van der Waals surface area contributed by atoms with Crippen molar-refractivity contribution in [2.75, 3.05) is 43.0 Å². The van der Waals surface area contributed by atoms with Gasteiger partial charge in [-0.25, -0.2) is 8.42 Å². The van der Waals surface area contributed by atoms with E-state index in [2.05, 4.69) is 10.2 Å². The van der Waals surface area contributed by atoms with E-state index in [4.69, 9.17) is 0 Å². The minimum atomic E-state index is -3.73. The molecule has 1 heterocycles. The molecular formula is C20H25N3O3S. The van der Waals surface area contributed by atoms with Crippen LogP contribution in [0.1, 0.15) is 13.3 Å². The Morgan fingerprint density at radius 2 is 1.81 bits per heavy atom. The molecule has 6 nitrogen and oxygen atoms in total. The van der Waals surface area contributed by atoms with Crippen LogP contribution in [0.4, 0.5) is 11.4 Å². The third kappa shape index (κ3) is 4.14. The Balaban J connectivity index is 2.09. The van der Waals surface area contributed by atoms with E-state index in [0.29, 0.717) is 5.69 Å². The van der Waals surface area contributed by atoms with Gasteiger partial charge in [0.2, 0.25) is 15.7 Å². The maximum atomic E-state index is 13.2. The number of sulfone groups is 1. The van der Waals surface area contributed by atoms with Crippen LogP contribution in [-0.2, 0) is 14.6 Å². The minimum absolute atomic E-state index is 0.142. The van der Waals surface area contributed by atoms with E-state index >= 15 is 0 Å². The van der Waals surface area contributed by atoms with Gasteiger partial charge in [0.1, 0.15) is 0 Å². The number of carbonyl (C=O) groups excluding carboxylic acids is 1. The second-order valence-corrected chi connectivity index (χ2v) is 8.56. The summed E-state index contributed by atoms with van der Waals surface area (Å²) >= 11 is 0. The van der Waals surface area contributed by atoms with Gasteiger partial charge in [-0.05, 0) is 43.3 Å². The molecule has 0 aliphatic carbocycles. The first-order chi connectivity index (χ1) is 12.9. The normalized spacial score (nSPS) is 15.3. The number of hydrogen-bond donors (Lipinski definition) is 1. The highest BCUT2D eigenvalue weighted by atomic mass is 32.2. The smallest absolute Gasteiger partial charge is 0.223 e. The van der Waals surface area contributed by atoms with E-state index in [9.17, 15) is 13.2 Å². The van der Waals surface area contributed by atoms with Crippen molar-refractivity contribution in [3.63, 3.8) is 0 Å². The van der Waals surface area contributed by atoms with E-state index in [1.165, 1.54) is 11.8 Å². The van der Waals surface area contributed by atoms with Gasteiger partial charge in [-0.2, -0.15) is 0 Å². The van der Waals surface area contributed by atoms with Crippen molar-refractivity contribution < 1.29 is 13.2 Å². The number of benzene rings is 2. The first-order valence-corrected chi connectivity index (χ1v) is 10.5. The van der Waals surface area contributed by atoms with Crippen molar-refractivity contribution in [1.82, 2.24) is 5.32 Å². The van der Waals surface area contributed by atoms with E-state index < -0.39 is 9.84 Å². The molecule has 3 rings (SSSR count). The number of amides is 1. The Hall–Kier alpha value is -2.38. The molecule has 0 bridgehead atoms. The lowest BCUT2D eigenvalue weighted by Gasteiger charge is -2.26. The molecule has 1 saturated heterocycles. The third-order valence-corrected chi connectivity index (χ3v) is 6.64. The summed E-state index contributed by atoms with van der Waals surface area (Å²) in [4.78, 5) is 16.0. The molecule has 0 saturated carbocycles. The van der Waals surface area contributed by atoms with Gasteiger partial charge in [0.15, 0.2) is 0 Å². The average molecular weight is 388 g/mol. The van der Waals surface area contributed by atoms with E-state index in [-0.39, 0.29) is 15.7 Å². The first-order valence-electron chi connectivity index (χ1n) is 9.05. The van der Waals surface area contributed by atoms with Crippen LogP contribution in [0.3, 0.4) is 0 Å². The number of carbonyl (C=O) groups is 1. The predicted molar refractivity (Wildman–Crippen MR) is 107 cm³/mol. The molecule has 2 aromatic rings. The van der Waals surface area contributed by atoms with Crippen molar-refractivity contribution in [1.29, 1.82) is 0 Å². The van der Waals surface area contributed by atoms with Gasteiger partial charge < -0.3 is 15.1 Å². The molecule has 1 aliphatic rings. The Labute approximate surface area is 160 Å². The lowest BCUT2D eigenvalue weighted by Crippen LogP contribution is -2.29. The minimum Gasteiger partial charge on any atom is -0.370 e. The summed E-state index contributed by atoms with van der Waals surface area (Å²) in [5.41, 5.74) is 1.33. The molecule has 0 atom stereocenters. The molecule has 1 fully saturated rings. The summed E-state index contributed by atoms with van der Waals surface area (Å²) in [6, 6.07) is 13.6. The predicted octanol–water partition coefficient (Wildman–Crippen LogP) is 2.30. The highest BCUT2D eigenvalue weighted by molar-refractivity contribution is 7.91. The SMILES string of the molecule is CC(=O)N(C)c1cc(N2CCCNCC2)ccc1S(=O)(=O)c1ccccc1. The number of rotatable bonds is 4. The zero-order chi connectivity index (χ0) is 19.4. The van der Waals surface area contributed by atoms with Gasteiger partial charge in [0, 0.05) is 39.3 Å². The Bertz CT molecular complexity index is 905. The fraction of sp³-hybridized carbons (Fsp3) is 0.350. The molecule has 7 heteroatoms. The van der Waals surface area contributed by atoms with Crippen molar-refractivity contribution in [2.24, 2.45) is 0 Å². The highest BCUT2D eigenvalue weighted by Crippen LogP contribution is 2.33. The van der Waals surface area contributed by atoms with Crippen LogP contribution in [0.25, 0.3) is 0 Å². The molecule has 27 heavy (non-hydrogen) atoms. The molecule has 0 aromatic heterocycles. The summed E-state index contributed by atoms with van der Waals surface area (Å²) in [6.45, 7) is 5.01. The van der Waals surface area contributed by atoms with Crippen molar-refractivity contribution in [3.8, 4) is 0 Å². The number of hydrogen-bond acceptors (Lipinski definition) is 5. The molecule has 1 aliphatic heterocycles. The fourth-order valence-electron chi connectivity index (χ4n) is 3.19. The lowest BCUT2D eigenvalue weighted by molar-refractivity contribution is -0.116. The van der Waals surface area contributed by atoms with Crippen LogP contribution < -0.4 is 15.1 Å². The largest absolute Gasteiger partial charge is 0.370 e. The quantitative estimate of drug-likeness (QED) is 0.872. The molecule has 1 N–H and O–H groups in total. The molecule has 1 amide bonds. The van der Waals surface area contributed by atoms with Gasteiger partial charge in [0.05, 0.1) is 15.5 Å². The summed E-state index contributed by atoms with van der Waals surface area (Å²) in [6.07, 6.45) is 1.02. The molecular weight excluding hydrogens is 362 g/mol. The summed E-state index contributed by atoms with van der Waals surface area (Å²) < 4.78 is 26.3. The summed E-state index contributed by atoms with van der Waals surface area (Å²) in [5.74, 6) is -0.214. The van der Waals surface area contributed by atoms with E-state index in [1.54, 1.807) is 43.4 Å². The van der Waals surface area contributed by atoms with Crippen molar-refractivity contribution >= 4 is 27.1 Å². The average Bonchev–Trinajstić information content (AvgIpc) is 2.97. The lowest BCUT2D eigenvalue weighted by atomic mass is 10.2. The zero-order valence-electron chi connectivity index (χ0n) is 15.7. The fourth-order valence-corrected chi connectivity index (χ4v) is 4.68. The molecule has 144 valence electrons. The van der Waals surface area contributed by atoms with Gasteiger partial charge in [0.25, 0.3) is 0 Å². The van der Waals surface area contributed by atoms with Crippen LogP contribution in [0, 0.1) is 0 Å². The molecule has 0 spiro atoms. The standard InChI is InChI=1S/C20H25N3O3S/c1-16(24)22(2)19-15-17(23-13-6-11-21-12-14-23)9-10-20(19)27(25,26)18-7-4-3-5-8-18/h3-5,7-10,15,21H,6,11-14H2,1-2H3. The van der Waals surface area contributed by atoms with Crippen LogP contribution in [0.2, 0.25) is 0 Å². The summed E-state index contributed by atoms with van der Waals surface area (Å²) in [7, 11) is -2.12. The second-order valence-electron chi connectivity index (χ2n) is 6.64. The number of nitrogens with one attached hydrogen (secondary N) is 1. The van der Waals surface area contributed by atoms with Crippen LogP contribution in [0.15, 0.2) is 58.3 Å². The topological polar surface area (TPSA) is 69.7 Å². The molecule has 2 aromatic carbocycles. The Kier molecular flexibility index (Phi) is 5.82. The van der Waals surface area contributed by atoms with Gasteiger partial charge in [-0.15, -0.1) is 0 Å².